The number of hydrogen-bond donors (Lipinski definition) is 1. The van der Waals surface area contributed by atoms with Gasteiger partial charge in [-0.15, -0.1) is 0 Å². The van der Waals surface area contributed by atoms with Crippen LogP contribution in [0.1, 0.15) is 22.8 Å². The highest BCUT2D eigenvalue weighted by atomic mass is 19.3. The molecule has 82 valence electrons. The predicted octanol–water partition coefficient (Wildman–Crippen LogP) is 2.20. The fourth-order valence-electron chi connectivity index (χ4n) is 1.21. The molecule has 1 rings (SSSR count). The van der Waals surface area contributed by atoms with E-state index in [-0.39, 0.29) is 17.9 Å². The van der Waals surface area contributed by atoms with Crippen molar-refractivity contribution in [3.8, 4) is 0 Å². The molecule has 4 heteroatoms. The van der Waals surface area contributed by atoms with E-state index in [0.717, 1.165) is 6.92 Å². The van der Waals surface area contributed by atoms with Gasteiger partial charge in [0.1, 0.15) is 0 Å². The van der Waals surface area contributed by atoms with E-state index in [2.05, 4.69) is 5.32 Å². The molecule has 0 aliphatic heterocycles. The van der Waals surface area contributed by atoms with Crippen molar-refractivity contribution < 1.29 is 13.6 Å². The van der Waals surface area contributed by atoms with E-state index < -0.39 is 5.92 Å². The number of benzene rings is 1. The van der Waals surface area contributed by atoms with Gasteiger partial charge < -0.3 is 5.32 Å². The Morgan fingerprint density at radius 1 is 1.33 bits per heavy atom. The first-order valence-corrected chi connectivity index (χ1v) is 4.61. The third-order valence-electron chi connectivity index (χ3n) is 2.05. The SMILES string of the molecule is CNCC(=O)c1ccc(C(C)(F)F)cc1. The Kier molecular flexibility index (Phi) is 3.52. The Balaban J connectivity index is 2.86. The Morgan fingerprint density at radius 2 is 1.87 bits per heavy atom. The highest BCUT2D eigenvalue weighted by molar-refractivity contribution is 5.97. The van der Waals surface area contributed by atoms with Crippen LogP contribution in [0, 0.1) is 0 Å². The van der Waals surface area contributed by atoms with Crippen LogP contribution in [0.3, 0.4) is 0 Å². The third kappa shape index (κ3) is 3.09. The summed E-state index contributed by atoms with van der Waals surface area (Å²) in [7, 11) is 1.66. The number of carbonyl (C=O) groups excluding carboxylic acids is 1. The number of carbonyl (C=O) groups is 1. The number of Topliss-reactive ketones (excluding diaryl/α,β-unsaturated/α-hetero) is 1. The van der Waals surface area contributed by atoms with Crippen molar-refractivity contribution in [3.05, 3.63) is 35.4 Å². The molecule has 0 aliphatic carbocycles. The summed E-state index contributed by atoms with van der Waals surface area (Å²) in [5.74, 6) is -2.96. The van der Waals surface area contributed by atoms with Gasteiger partial charge in [0.2, 0.25) is 0 Å². The molecule has 0 atom stereocenters. The van der Waals surface area contributed by atoms with Crippen LogP contribution in [0.25, 0.3) is 0 Å². The molecular weight excluding hydrogens is 200 g/mol. The summed E-state index contributed by atoms with van der Waals surface area (Å²) in [5, 5.41) is 2.71. The van der Waals surface area contributed by atoms with E-state index in [0.29, 0.717) is 5.56 Å². The average Bonchev–Trinajstić information content (AvgIpc) is 2.17. The quantitative estimate of drug-likeness (QED) is 0.777. The van der Waals surface area contributed by atoms with Gasteiger partial charge in [-0.05, 0) is 7.05 Å². The molecule has 0 bridgehead atoms. The molecule has 0 amide bonds. The molecule has 0 aliphatic rings. The van der Waals surface area contributed by atoms with E-state index >= 15 is 0 Å². The number of halogens is 2. The lowest BCUT2D eigenvalue weighted by molar-refractivity contribution is 0.0174. The minimum atomic E-state index is -2.86. The summed E-state index contributed by atoms with van der Waals surface area (Å²) in [4.78, 5) is 11.4. The molecule has 0 heterocycles. The second-order valence-corrected chi connectivity index (χ2v) is 3.42. The van der Waals surface area contributed by atoms with Crippen molar-refractivity contribution in [2.45, 2.75) is 12.8 Å². The first-order chi connectivity index (χ1) is 6.95. The van der Waals surface area contributed by atoms with Gasteiger partial charge in [0.05, 0.1) is 6.54 Å². The van der Waals surface area contributed by atoms with Crippen LogP contribution in [0.15, 0.2) is 24.3 Å². The van der Waals surface area contributed by atoms with Gasteiger partial charge in [0.15, 0.2) is 5.78 Å². The molecule has 1 aromatic rings. The molecule has 0 fully saturated rings. The molecule has 0 aromatic heterocycles. The lowest BCUT2D eigenvalue weighted by atomic mass is 10.1. The summed E-state index contributed by atoms with van der Waals surface area (Å²) in [5.41, 5.74) is 0.362. The van der Waals surface area contributed by atoms with Crippen molar-refractivity contribution in [3.63, 3.8) is 0 Å². The lowest BCUT2D eigenvalue weighted by Gasteiger charge is -2.10. The number of rotatable bonds is 4. The van der Waals surface area contributed by atoms with E-state index in [1.807, 2.05) is 0 Å². The van der Waals surface area contributed by atoms with E-state index in [4.69, 9.17) is 0 Å². The average molecular weight is 213 g/mol. The number of nitrogens with one attached hydrogen (secondary N) is 1. The molecule has 15 heavy (non-hydrogen) atoms. The Morgan fingerprint density at radius 3 is 2.27 bits per heavy atom. The monoisotopic (exact) mass is 213 g/mol. The zero-order chi connectivity index (χ0) is 11.5. The highest BCUT2D eigenvalue weighted by Gasteiger charge is 2.23. The number of likely N-dealkylation sites (N-methyl/N-ethyl adjacent to an activating group) is 1. The zero-order valence-electron chi connectivity index (χ0n) is 8.68. The summed E-state index contributed by atoms with van der Waals surface area (Å²) in [6, 6.07) is 5.41. The van der Waals surface area contributed by atoms with Gasteiger partial charge in [-0.25, -0.2) is 8.78 Å². The smallest absolute Gasteiger partial charge is 0.270 e. The van der Waals surface area contributed by atoms with E-state index in [1.165, 1.54) is 24.3 Å². The van der Waals surface area contributed by atoms with Crippen LogP contribution < -0.4 is 5.32 Å². The van der Waals surface area contributed by atoms with Crippen LogP contribution in [0.4, 0.5) is 8.78 Å². The summed E-state index contributed by atoms with van der Waals surface area (Å²) in [6.45, 7) is 1.04. The predicted molar refractivity (Wildman–Crippen MR) is 54.3 cm³/mol. The molecule has 0 spiro atoms. The summed E-state index contributed by atoms with van der Waals surface area (Å²) < 4.78 is 25.7. The molecule has 0 saturated heterocycles. The van der Waals surface area contributed by atoms with Crippen molar-refractivity contribution in [1.29, 1.82) is 0 Å². The third-order valence-corrected chi connectivity index (χ3v) is 2.05. The first-order valence-electron chi connectivity index (χ1n) is 4.61. The lowest BCUT2D eigenvalue weighted by Crippen LogP contribution is -2.18. The molecular formula is C11H13F2NO. The molecule has 0 saturated carbocycles. The van der Waals surface area contributed by atoms with Crippen LogP contribution in [0.5, 0.6) is 0 Å². The maximum absolute atomic E-state index is 12.8. The highest BCUT2D eigenvalue weighted by Crippen LogP contribution is 2.26. The Bertz CT molecular complexity index is 341. The van der Waals surface area contributed by atoms with Gasteiger partial charge in [-0.1, -0.05) is 24.3 Å². The van der Waals surface area contributed by atoms with Crippen LogP contribution in [-0.2, 0) is 5.92 Å². The van der Waals surface area contributed by atoms with Crippen molar-refractivity contribution in [2.24, 2.45) is 0 Å². The Labute approximate surface area is 87.3 Å². The van der Waals surface area contributed by atoms with E-state index in [9.17, 15) is 13.6 Å². The molecule has 0 radical (unpaired) electrons. The van der Waals surface area contributed by atoms with Crippen LogP contribution in [-0.4, -0.2) is 19.4 Å². The summed E-state index contributed by atoms with van der Waals surface area (Å²) in [6.07, 6.45) is 0. The van der Waals surface area contributed by atoms with Gasteiger partial charge in [-0.3, -0.25) is 4.79 Å². The zero-order valence-corrected chi connectivity index (χ0v) is 8.68. The fourth-order valence-corrected chi connectivity index (χ4v) is 1.21. The molecule has 1 aromatic carbocycles. The fraction of sp³-hybridized carbons (Fsp3) is 0.364. The number of ketones is 1. The normalized spacial score (nSPS) is 11.5. The molecule has 1 N–H and O–H groups in total. The van der Waals surface area contributed by atoms with Crippen molar-refractivity contribution in [2.75, 3.05) is 13.6 Å². The molecule has 0 unspecified atom stereocenters. The first kappa shape index (κ1) is 11.8. The topological polar surface area (TPSA) is 29.1 Å². The van der Waals surface area contributed by atoms with E-state index in [1.54, 1.807) is 7.05 Å². The second kappa shape index (κ2) is 4.49. The largest absolute Gasteiger partial charge is 0.313 e. The maximum atomic E-state index is 12.8. The number of hydrogen-bond acceptors (Lipinski definition) is 2. The van der Waals surface area contributed by atoms with Crippen molar-refractivity contribution >= 4 is 5.78 Å². The second-order valence-electron chi connectivity index (χ2n) is 3.42. The van der Waals surface area contributed by atoms with Gasteiger partial charge in [0.25, 0.3) is 5.92 Å². The maximum Gasteiger partial charge on any atom is 0.270 e. The Hall–Kier alpha value is -1.29. The minimum absolute atomic E-state index is 0.0801. The van der Waals surface area contributed by atoms with Gasteiger partial charge in [-0.2, -0.15) is 0 Å². The van der Waals surface area contributed by atoms with Crippen LogP contribution >= 0.6 is 0 Å². The van der Waals surface area contributed by atoms with Crippen LogP contribution in [0.2, 0.25) is 0 Å². The van der Waals surface area contributed by atoms with Gasteiger partial charge in [0, 0.05) is 18.1 Å². The summed E-state index contributed by atoms with van der Waals surface area (Å²) >= 11 is 0. The number of alkyl halides is 2. The van der Waals surface area contributed by atoms with Gasteiger partial charge >= 0.3 is 0 Å². The van der Waals surface area contributed by atoms with Crippen molar-refractivity contribution in [1.82, 2.24) is 5.32 Å². The standard InChI is InChI=1S/C11H13F2NO/c1-11(12,13)9-5-3-8(4-6-9)10(15)7-14-2/h3-6,14H,7H2,1-2H3. The molecule has 2 nitrogen and oxygen atoms in total. The minimum Gasteiger partial charge on any atom is -0.313 e.